The summed E-state index contributed by atoms with van der Waals surface area (Å²) in [4.78, 5) is 11.7. The first-order valence-corrected chi connectivity index (χ1v) is 6.30. The summed E-state index contributed by atoms with van der Waals surface area (Å²) in [6, 6.07) is 7.59. The van der Waals surface area contributed by atoms with E-state index in [-0.39, 0.29) is 11.9 Å². The molecule has 17 heavy (non-hydrogen) atoms. The summed E-state index contributed by atoms with van der Waals surface area (Å²) in [7, 11) is 0. The Bertz CT molecular complexity index is 391. The van der Waals surface area contributed by atoms with Crippen LogP contribution in [-0.2, 0) is 11.3 Å². The van der Waals surface area contributed by atoms with Crippen LogP contribution in [0.3, 0.4) is 0 Å². The molecule has 1 aromatic rings. The minimum Gasteiger partial charge on any atom is -0.355 e. The third-order valence-corrected chi connectivity index (χ3v) is 3.44. The van der Waals surface area contributed by atoms with E-state index in [0.29, 0.717) is 12.5 Å². The third kappa shape index (κ3) is 3.20. The first-order chi connectivity index (χ1) is 8.16. The molecule has 2 atom stereocenters. The van der Waals surface area contributed by atoms with Crippen molar-refractivity contribution in [2.75, 3.05) is 6.54 Å². The quantitative estimate of drug-likeness (QED) is 0.864. The molecule has 0 radical (unpaired) electrons. The van der Waals surface area contributed by atoms with Crippen molar-refractivity contribution in [3.8, 4) is 0 Å². The van der Waals surface area contributed by atoms with Crippen molar-refractivity contribution in [3.05, 3.63) is 34.9 Å². The number of amides is 1. The fourth-order valence-corrected chi connectivity index (χ4v) is 2.21. The molecular weight excluding hydrogens is 236 g/mol. The topological polar surface area (TPSA) is 41.1 Å². The molecule has 0 spiro atoms. The predicted molar refractivity (Wildman–Crippen MR) is 68.9 cm³/mol. The fraction of sp³-hybridized carbons (Fsp3) is 0.462. The molecule has 1 saturated heterocycles. The summed E-state index contributed by atoms with van der Waals surface area (Å²) >= 11 is 5.82. The zero-order chi connectivity index (χ0) is 12.3. The molecular formula is C13H17ClN2O. The largest absolute Gasteiger partial charge is 0.355 e. The van der Waals surface area contributed by atoms with Crippen molar-refractivity contribution in [1.29, 1.82) is 0 Å². The summed E-state index contributed by atoms with van der Waals surface area (Å²) in [5, 5.41) is 6.92. The van der Waals surface area contributed by atoms with Crippen LogP contribution in [0.2, 0.25) is 5.02 Å². The lowest BCUT2D eigenvalue weighted by Gasteiger charge is -2.29. The van der Waals surface area contributed by atoms with Gasteiger partial charge in [-0.05, 0) is 30.0 Å². The molecule has 0 unspecified atom stereocenters. The van der Waals surface area contributed by atoms with Gasteiger partial charge in [0.05, 0.1) is 6.04 Å². The second kappa shape index (κ2) is 5.52. The average Bonchev–Trinajstić information content (AvgIpc) is 2.31. The average molecular weight is 253 g/mol. The first kappa shape index (κ1) is 12.4. The highest BCUT2D eigenvalue weighted by Gasteiger charge is 2.27. The highest BCUT2D eigenvalue weighted by Crippen LogP contribution is 2.14. The summed E-state index contributed by atoms with van der Waals surface area (Å²) in [5.74, 6) is 0.494. The smallest absolute Gasteiger partial charge is 0.237 e. The number of carbonyl (C=O) groups is 1. The van der Waals surface area contributed by atoms with E-state index in [9.17, 15) is 4.79 Å². The van der Waals surface area contributed by atoms with Crippen molar-refractivity contribution in [2.45, 2.75) is 25.9 Å². The maximum atomic E-state index is 11.7. The van der Waals surface area contributed by atoms with Gasteiger partial charge in [0.1, 0.15) is 0 Å². The van der Waals surface area contributed by atoms with Crippen molar-refractivity contribution in [1.82, 2.24) is 10.6 Å². The number of benzene rings is 1. The van der Waals surface area contributed by atoms with Crippen molar-refractivity contribution < 1.29 is 4.79 Å². The molecule has 92 valence electrons. The number of nitrogens with one attached hydrogen (secondary N) is 2. The van der Waals surface area contributed by atoms with Crippen LogP contribution in [0.1, 0.15) is 18.9 Å². The Labute approximate surface area is 107 Å². The van der Waals surface area contributed by atoms with Gasteiger partial charge in [-0.15, -0.1) is 0 Å². The molecule has 1 aromatic carbocycles. The van der Waals surface area contributed by atoms with Gasteiger partial charge in [-0.25, -0.2) is 0 Å². The molecule has 4 heteroatoms. The minimum atomic E-state index is -0.0839. The van der Waals surface area contributed by atoms with E-state index in [1.54, 1.807) is 0 Å². The zero-order valence-corrected chi connectivity index (χ0v) is 10.6. The predicted octanol–water partition coefficient (Wildman–Crippen LogP) is 1.95. The van der Waals surface area contributed by atoms with Gasteiger partial charge >= 0.3 is 0 Å². The zero-order valence-electron chi connectivity index (χ0n) is 9.87. The van der Waals surface area contributed by atoms with E-state index in [2.05, 4.69) is 17.6 Å². The van der Waals surface area contributed by atoms with E-state index in [1.807, 2.05) is 24.3 Å². The van der Waals surface area contributed by atoms with Gasteiger partial charge in [0, 0.05) is 18.1 Å². The van der Waals surface area contributed by atoms with Crippen LogP contribution in [0, 0.1) is 5.92 Å². The van der Waals surface area contributed by atoms with Crippen LogP contribution in [0.4, 0.5) is 0 Å². The monoisotopic (exact) mass is 252 g/mol. The van der Waals surface area contributed by atoms with Crippen LogP contribution in [-0.4, -0.2) is 18.5 Å². The van der Waals surface area contributed by atoms with Crippen molar-refractivity contribution in [2.24, 2.45) is 5.92 Å². The number of rotatable bonds is 3. The SMILES string of the molecule is C[C@@H]1CCNC(=O)[C@H]1NCc1ccc(Cl)cc1. The van der Waals surface area contributed by atoms with Gasteiger partial charge in [0.25, 0.3) is 0 Å². The summed E-state index contributed by atoms with van der Waals surface area (Å²) < 4.78 is 0. The maximum absolute atomic E-state index is 11.7. The Morgan fingerprint density at radius 2 is 2.12 bits per heavy atom. The van der Waals surface area contributed by atoms with Crippen LogP contribution < -0.4 is 10.6 Å². The van der Waals surface area contributed by atoms with Crippen LogP contribution in [0.5, 0.6) is 0 Å². The second-order valence-corrected chi connectivity index (χ2v) is 4.98. The number of halogens is 1. The Kier molecular flexibility index (Phi) is 4.02. The molecule has 2 N–H and O–H groups in total. The van der Waals surface area contributed by atoms with Crippen molar-refractivity contribution in [3.63, 3.8) is 0 Å². The van der Waals surface area contributed by atoms with Gasteiger partial charge in [0.2, 0.25) is 5.91 Å². The second-order valence-electron chi connectivity index (χ2n) is 4.54. The van der Waals surface area contributed by atoms with E-state index in [4.69, 9.17) is 11.6 Å². The molecule has 0 bridgehead atoms. The first-order valence-electron chi connectivity index (χ1n) is 5.92. The number of hydrogen-bond donors (Lipinski definition) is 2. The standard InChI is InChI=1S/C13H17ClN2O/c1-9-6-7-15-13(17)12(9)16-8-10-2-4-11(14)5-3-10/h2-5,9,12,16H,6-8H2,1H3,(H,15,17)/t9-,12+/m1/s1. The lowest BCUT2D eigenvalue weighted by atomic mass is 9.94. The van der Waals surface area contributed by atoms with Gasteiger partial charge in [-0.3, -0.25) is 4.79 Å². The van der Waals surface area contributed by atoms with Crippen LogP contribution >= 0.6 is 11.6 Å². The van der Waals surface area contributed by atoms with Crippen LogP contribution in [0.15, 0.2) is 24.3 Å². The molecule has 1 aliphatic heterocycles. The molecule has 2 rings (SSSR count). The lowest BCUT2D eigenvalue weighted by molar-refractivity contribution is -0.126. The Morgan fingerprint density at radius 3 is 2.76 bits per heavy atom. The minimum absolute atomic E-state index is 0.0839. The maximum Gasteiger partial charge on any atom is 0.237 e. The fourth-order valence-electron chi connectivity index (χ4n) is 2.08. The molecule has 3 nitrogen and oxygen atoms in total. The Balaban J connectivity index is 1.92. The number of carbonyl (C=O) groups excluding carboxylic acids is 1. The third-order valence-electron chi connectivity index (χ3n) is 3.19. The molecule has 0 aromatic heterocycles. The summed E-state index contributed by atoms with van der Waals surface area (Å²) in [5.41, 5.74) is 1.14. The molecule has 1 heterocycles. The highest BCUT2D eigenvalue weighted by atomic mass is 35.5. The summed E-state index contributed by atoms with van der Waals surface area (Å²) in [6.07, 6.45) is 1.03. The van der Waals surface area contributed by atoms with E-state index >= 15 is 0 Å². The van der Waals surface area contributed by atoms with Crippen LogP contribution in [0.25, 0.3) is 0 Å². The van der Waals surface area contributed by atoms with E-state index < -0.39 is 0 Å². The highest BCUT2D eigenvalue weighted by molar-refractivity contribution is 6.30. The van der Waals surface area contributed by atoms with Gasteiger partial charge in [0.15, 0.2) is 0 Å². The molecule has 1 aliphatic rings. The number of hydrogen-bond acceptors (Lipinski definition) is 2. The normalized spacial score (nSPS) is 24.5. The molecule has 0 aliphatic carbocycles. The number of piperidine rings is 1. The Hall–Kier alpha value is -1.06. The van der Waals surface area contributed by atoms with E-state index in [1.165, 1.54) is 0 Å². The Morgan fingerprint density at radius 1 is 1.41 bits per heavy atom. The summed E-state index contributed by atoms with van der Waals surface area (Å²) in [6.45, 7) is 3.59. The van der Waals surface area contributed by atoms with Gasteiger partial charge < -0.3 is 10.6 Å². The molecule has 1 amide bonds. The molecule has 1 fully saturated rings. The van der Waals surface area contributed by atoms with Gasteiger partial charge in [-0.2, -0.15) is 0 Å². The van der Waals surface area contributed by atoms with Crippen molar-refractivity contribution >= 4 is 17.5 Å². The van der Waals surface area contributed by atoms with Gasteiger partial charge in [-0.1, -0.05) is 30.7 Å². The molecule has 0 saturated carbocycles. The van der Waals surface area contributed by atoms with E-state index in [0.717, 1.165) is 23.6 Å². The lowest BCUT2D eigenvalue weighted by Crippen LogP contribution is -2.52.